The SMILES string of the molecule is Nc1nc(-c2ccncc2)nc2c1CSC2. The maximum absolute atomic E-state index is 5.93. The van der Waals surface area contributed by atoms with Gasteiger partial charge in [0.25, 0.3) is 0 Å². The molecule has 16 heavy (non-hydrogen) atoms. The second kappa shape index (κ2) is 3.75. The molecule has 0 aromatic carbocycles. The lowest BCUT2D eigenvalue weighted by Gasteiger charge is -2.05. The van der Waals surface area contributed by atoms with Crippen molar-refractivity contribution in [3.8, 4) is 11.4 Å². The van der Waals surface area contributed by atoms with E-state index < -0.39 is 0 Å². The van der Waals surface area contributed by atoms with Gasteiger partial charge >= 0.3 is 0 Å². The number of fused-ring (bicyclic) bond motifs is 1. The van der Waals surface area contributed by atoms with Crippen LogP contribution in [0.15, 0.2) is 24.5 Å². The predicted molar refractivity (Wildman–Crippen MR) is 64.7 cm³/mol. The molecule has 3 heterocycles. The maximum Gasteiger partial charge on any atom is 0.161 e. The summed E-state index contributed by atoms with van der Waals surface area (Å²) in [5.41, 5.74) is 9.06. The Kier molecular flexibility index (Phi) is 2.25. The smallest absolute Gasteiger partial charge is 0.161 e. The molecule has 1 aliphatic heterocycles. The van der Waals surface area contributed by atoms with Gasteiger partial charge in [0.05, 0.1) is 5.69 Å². The first-order valence-electron chi connectivity index (χ1n) is 4.98. The Labute approximate surface area is 97.3 Å². The van der Waals surface area contributed by atoms with Gasteiger partial charge < -0.3 is 5.73 Å². The number of nitrogens with zero attached hydrogens (tertiary/aromatic N) is 3. The van der Waals surface area contributed by atoms with E-state index in [4.69, 9.17) is 5.73 Å². The van der Waals surface area contributed by atoms with Gasteiger partial charge in [-0.1, -0.05) is 0 Å². The number of aromatic nitrogens is 3. The van der Waals surface area contributed by atoms with Gasteiger partial charge in [-0.2, -0.15) is 11.8 Å². The van der Waals surface area contributed by atoms with E-state index in [9.17, 15) is 0 Å². The second-order valence-corrected chi connectivity index (χ2v) is 4.57. The van der Waals surface area contributed by atoms with Crippen LogP contribution in [0.4, 0.5) is 5.82 Å². The summed E-state index contributed by atoms with van der Waals surface area (Å²) in [5, 5.41) is 0. The molecule has 0 aliphatic carbocycles. The van der Waals surface area contributed by atoms with Crippen LogP contribution in [0.2, 0.25) is 0 Å². The van der Waals surface area contributed by atoms with E-state index in [1.807, 2.05) is 23.9 Å². The van der Waals surface area contributed by atoms with Crippen LogP contribution in [0.1, 0.15) is 11.3 Å². The lowest BCUT2D eigenvalue weighted by molar-refractivity contribution is 1.08. The lowest BCUT2D eigenvalue weighted by atomic mass is 10.2. The Bertz CT molecular complexity index is 527. The summed E-state index contributed by atoms with van der Waals surface area (Å²) in [4.78, 5) is 12.9. The summed E-state index contributed by atoms with van der Waals surface area (Å²) in [6.45, 7) is 0. The van der Waals surface area contributed by atoms with Crippen molar-refractivity contribution in [1.82, 2.24) is 15.0 Å². The van der Waals surface area contributed by atoms with Crippen molar-refractivity contribution in [3.63, 3.8) is 0 Å². The van der Waals surface area contributed by atoms with E-state index in [0.717, 1.165) is 28.3 Å². The molecule has 0 saturated carbocycles. The van der Waals surface area contributed by atoms with Crippen molar-refractivity contribution in [2.24, 2.45) is 0 Å². The molecule has 2 N–H and O–H groups in total. The molecule has 0 saturated heterocycles. The highest BCUT2D eigenvalue weighted by Gasteiger charge is 2.18. The molecular weight excluding hydrogens is 220 g/mol. The highest BCUT2D eigenvalue weighted by Crippen LogP contribution is 2.32. The number of nitrogen functional groups attached to an aromatic ring is 1. The van der Waals surface area contributed by atoms with Crippen LogP contribution in [-0.4, -0.2) is 15.0 Å². The fourth-order valence-corrected chi connectivity index (χ4v) is 2.76. The molecule has 0 fully saturated rings. The minimum atomic E-state index is 0.613. The molecule has 3 rings (SSSR count). The number of hydrogen-bond donors (Lipinski definition) is 1. The molecule has 0 radical (unpaired) electrons. The Morgan fingerprint density at radius 1 is 1.12 bits per heavy atom. The van der Waals surface area contributed by atoms with E-state index in [1.165, 1.54) is 0 Å². The van der Waals surface area contributed by atoms with Crippen LogP contribution < -0.4 is 5.73 Å². The normalized spacial score (nSPS) is 13.8. The number of pyridine rings is 1. The van der Waals surface area contributed by atoms with Gasteiger partial charge in [0, 0.05) is 35.0 Å². The number of hydrogen-bond acceptors (Lipinski definition) is 5. The number of rotatable bonds is 1. The van der Waals surface area contributed by atoms with Gasteiger partial charge in [-0.05, 0) is 12.1 Å². The van der Waals surface area contributed by atoms with Gasteiger partial charge in [0.15, 0.2) is 5.82 Å². The van der Waals surface area contributed by atoms with Crippen molar-refractivity contribution >= 4 is 17.6 Å². The third-order valence-electron chi connectivity index (χ3n) is 2.55. The molecule has 0 spiro atoms. The van der Waals surface area contributed by atoms with E-state index >= 15 is 0 Å². The van der Waals surface area contributed by atoms with Crippen LogP contribution in [0, 0.1) is 0 Å². The van der Waals surface area contributed by atoms with E-state index in [0.29, 0.717) is 11.6 Å². The Morgan fingerprint density at radius 2 is 1.94 bits per heavy atom. The number of anilines is 1. The van der Waals surface area contributed by atoms with Gasteiger partial charge in [0.1, 0.15) is 5.82 Å². The average Bonchev–Trinajstić information content (AvgIpc) is 2.79. The summed E-state index contributed by atoms with van der Waals surface area (Å²) in [6, 6.07) is 3.78. The zero-order chi connectivity index (χ0) is 11.0. The van der Waals surface area contributed by atoms with Crippen molar-refractivity contribution in [2.75, 3.05) is 5.73 Å². The fourth-order valence-electron chi connectivity index (χ4n) is 1.71. The molecule has 2 aromatic rings. The van der Waals surface area contributed by atoms with E-state index in [1.54, 1.807) is 12.4 Å². The third-order valence-corrected chi connectivity index (χ3v) is 3.52. The zero-order valence-corrected chi connectivity index (χ0v) is 9.37. The summed E-state index contributed by atoms with van der Waals surface area (Å²) < 4.78 is 0. The molecule has 4 nitrogen and oxygen atoms in total. The van der Waals surface area contributed by atoms with Gasteiger partial charge in [-0.25, -0.2) is 9.97 Å². The first-order chi connectivity index (χ1) is 7.84. The number of thioether (sulfide) groups is 1. The number of nitrogens with two attached hydrogens (primary N) is 1. The van der Waals surface area contributed by atoms with Gasteiger partial charge in [-0.3, -0.25) is 4.98 Å². The summed E-state index contributed by atoms with van der Waals surface area (Å²) >= 11 is 1.83. The zero-order valence-electron chi connectivity index (χ0n) is 8.55. The molecule has 0 unspecified atom stereocenters. The van der Waals surface area contributed by atoms with Crippen molar-refractivity contribution in [3.05, 3.63) is 35.8 Å². The van der Waals surface area contributed by atoms with Crippen LogP contribution >= 0.6 is 11.8 Å². The highest BCUT2D eigenvalue weighted by molar-refractivity contribution is 7.98. The molecule has 1 aliphatic rings. The lowest BCUT2D eigenvalue weighted by Crippen LogP contribution is -2.02. The summed E-state index contributed by atoms with van der Waals surface area (Å²) in [7, 11) is 0. The van der Waals surface area contributed by atoms with Crippen molar-refractivity contribution < 1.29 is 0 Å². The Morgan fingerprint density at radius 3 is 2.75 bits per heavy atom. The van der Waals surface area contributed by atoms with Crippen LogP contribution in [0.25, 0.3) is 11.4 Å². The largest absolute Gasteiger partial charge is 0.383 e. The third kappa shape index (κ3) is 1.53. The van der Waals surface area contributed by atoms with E-state index in [2.05, 4.69) is 15.0 Å². The summed E-state index contributed by atoms with van der Waals surface area (Å²) in [5.74, 6) is 3.17. The first-order valence-corrected chi connectivity index (χ1v) is 6.13. The highest BCUT2D eigenvalue weighted by atomic mass is 32.2. The maximum atomic E-state index is 5.93. The van der Waals surface area contributed by atoms with Gasteiger partial charge in [-0.15, -0.1) is 0 Å². The van der Waals surface area contributed by atoms with Crippen molar-refractivity contribution in [2.45, 2.75) is 11.5 Å². The minimum Gasteiger partial charge on any atom is -0.383 e. The molecular formula is C11H10N4S. The average molecular weight is 230 g/mol. The molecule has 2 aromatic heterocycles. The molecule has 0 bridgehead atoms. The molecule has 80 valence electrons. The molecule has 5 heteroatoms. The van der Waals surface area contributed by atoms with E-state index in [-0.39, 0.29) is 0 Å². The quantitative estimate of drug-likeness (QED) is 0.810. The fraction of sp³-hybridized carbons (Fsp3) is 0.182. The molecule has 0 amide bonds. The second-order valence-electron chi connectivity index (χ2n) is 3.59. The predicted octanol–water partition coefficient (Wildman–Crippen LogP) is 1.87. The minimum absolute atomic E-state index is 0.613. The van der Waals surface area contributed by atoms with Crippen molar-refractivity contribution in [1.29, 1.82) is 0 Å². The Hall–Kier alpha value is -1.62. The topological polar surface area (TPSA) is 64.7 Å². The monoisotopic (exact) mass is 230 g/mol. The van der Waals surface area contributed by atoms with Crippen LogP contribution in [0.5, 0.6) is 0 Å². The van der Waals surface area contributed by atoms with Crippen LogP contribution in [-0.2, 0) is 11.5 Å². The first kappa shape index (κ1) is 9.59. The standard InChI is InChI=1S/C11H10N4S/c12-10-8-5-16-6-9(8)14-11(15-10)7-1-3-13-4-2-7/h1-4H,5-6H2,(H2,12,14,15). The van der Waals surface area contributed by atoms with Gasteiger partial charge in [0.2, 0.25) is 0 Å². The van der Waals surface area contributed by atoms with Crippen LogP contribution in [0.3, 0.4) is 0 Å². The Balaban J connectivity index is 2.13. The summed E-state index contributed by atoms with van der Waals surface area (Å²) in [6.07, 6.45) is 3.47. The molecule has 0 atom stereocenters.